The summed E-state index contributed by atoms with van der Waals surface area (Å²) in [4.78, 5) is 0. The maximum absolute atomic E-state index is 3.64. The van der Waals surface area contributed by atoms with Gasteiger partial charge in [0, 0.05) is 8.95 Å². The Kier molecular flexibility index (Phi) is 6.11. The Morgan fingerprint density at radius 2 is 1.84 bits per heavy atom. The highest BCUT2D eigenvalue weighted by atomic mass is 79.9. The predicted octanol–water partition coefficient (Wildman–Crippen LogP) is 5.75. The second kappa shape index (κ2) is 7.61. The van der Waals surface area contributed by atoms with Crippen LogP contribution in [0.5, 0.6) is 0 Å². The Labute approximate surface area is 133 Å². The van der Waals surface area contributed by atoms with Crippen LogP contribution in [0, 0.1) is 0 Å². The van der Waals surface area contributed by atoms with Gasteiger partial charge in [0.1, 0.15) is 0 Å². The first-order chi connectivity index (χ1) is 9.20. The zero-order valence-electron chi connectivity index (χ0n) is 11.4. The van der Waals surface area contributed by atoms with Crippen molar-refractivity contribution >= 4 is 31.9 Å². The minimum absolute atomic E-state index is 0.358. The number of hydrogen-bond donors (Lipinski definition) is 1. The first kappa shape index (κ1) is 15.3. The molecule has 0 fully saturated rings. The molecular weight excluding hydrogens is 366 g/mol. The van der Waals surface area contributed by atoms with Gasteiger partial charge in [-0.15, -0.1) is 0 Å². The minimum atomic E-state index is 0.358. The molecule has 0 aromatic heterocycles. The van der Waals surface area contributed by atoms with Gasteiger partial charge in [0.15, 0.2) is 0 Å². The second-order valence-corrected chi connectivity index (χ2v) is 6.90. The highest BCUT2D eigenvalue weighted by Crippen LogP contribution is 2.32. The van der Waals surface area contributed by atoms with Gasteiger partial charge in [-0.05, 0) is 56.0 Å². The molecule has 2 rings (SSSR count). The van der Waals surface area contributed by atoms with E-state index in [1.165, 1.54) is 37.7 Å². The van der Waals surface area contributed by atoms with Crippen LogP contribution in [0.2, 0.25) is 0 Å². The summed E-state index contributed by atoms with van der Waals surface area (Å²) >= 11 is 7.19. The number of rotatable bonds is 4. The topological polar surface area (TPSA) is 12.0 Å². The molecule has 1 aromatic rings. The highest BCUT2D eigenvalue weighted by Gasteiger charge is 2.17. The summed E-state index contributed by atoms with van der Waals surface area (Å²) in [6, 6.07) is 6.90. The van der Waals surface area contributed by atoms with Gasteiger partial charge in [0.05, 0.1) is 6.04 Å². The van der Waals surface area contributed by atoms with Crippen LogP contribution in [-0.2, 0) is 0 Å². The molecule has 1 aliphatic rings. The molecule has 0 amide bonds. The van der Waals surface area contributed by atoms with Gasteiger partial charge in [-0.3, -0.25) is 0 Å². The van der Waals surface area contributed by atoms with Gasteiger partial charge in [-0.1, -0.05) is 56.9 Å². The smallest absolute Gasteiger partial charge is 0.0536 e. The molecule has 0 bridgehead atoms. The number of nitrogens with one attached hydrogen (secondary N) is 1. The Morgan fingerprint density at radius 1 is 1.11 bits per heavy atom. The van der Waals surface area contributed by atoms with Crippen LogP contribution in [0.4, 0.5) is 0 Å². The third-order valence-electron chi connectivity index (χ3n) is 3.57. The third kappa shape index (κ3) is 4.44. The van der Waals surface area contributed by atoms with Gasteiger partial charge in [-0.25, -0.2) is 0 Å². The van der Waals surface area contributed by atoms with Crippen molar-refractivity contribution in [1.29, 1.82) is 0 Å². The van der Waals surface area contributed by atoms with Crippen molar-refractivity contribution in [3.63, 3.8) is 0 Å². The van der Waals surface area contributed by atoms with E-state index in [0.29, 0.717) is 6.04 Å². The average molecular weight is 387 g/mol. The molecule has 0 saturated heterocycles. The zero-order valence-corrected chi connectivity index (χ0v) is 14.6. The van der Waals surface area contributed by atoms with Crippen LogP contribution in [0.3, 0.4) is 0 Å². The lowest BCUT2D eigenvalue weighted by atomic mass is 9.95. The summed E-state index contributed by atoms with van der Waals surface area (Å²) in [5, 5.41) is 3.64. The molecule has 0 saturated carbocycles. The molecule has 104 valence electrons. The van der Waals surface area contributed by atoms with Crippen molar-refractivity contribution in [3.8, 4) is 0 Å². The van der Waals surface area contributed by atoms with E-state index in [1.807, 2.05) is 0 Å². The van der Waals surface area contributed by atoms with Gasteiger partial charge in [0.2, 0.25) is 0 Å². The minimum Gasteiger partial charge on any atom is -0.307 e. The summed E-state index contributed by atoms with van der Waals surface area (Å²) in [6.45, 7) is 3.17. The fourth-order valence-electron chi connectivity index (χ4n) is 2.71. The molecule has 1 aromatic carbocycles. The Hall–Kier alpha value is -0.120. The SMILES string of the molecule is CCNC(C1=CCCCCC1)c1cc(Br)cc(Br)c1. The van der Waals surface area contributed by atoms with Crippen LogP contribution in [-0.4, -0.2) is 6.54 Å². The monoisotopic (exact) mass is 385 g/mol. The summed E-state index contributed by atoms with van der Waals surface area (Å²) in [7, 11) is 0. The number of allylic oxidation sites excluding steroid dienone is 1. The Balaban J connectivity index is 2.30. The van der Waals surface area contributed by atoms with Crippen molar-refractivity contribution in [3.05, 3.63) is 44.4 Å². The largest absolute Gasteiger partial charge is 0.307 e. The van der Waals surface area contributed by atoms with Crippen molar-refractivity contribution in [2.24, 2.45) is 0 Å². The van der Waals surface area contributed by atoms with E-state index in [0.717, 1.165) is 15.5 Å². The van der Waals surface area contributed by atoms with Crippen molar-refractivity contribution in [1.82, 2.24) is 5.32 Å². The van der Waals surface area contributed by atoms with Crippen LogP contribution >= 0.6 is 31.9 Å². The lowest BCUT2D eigenvalue weighted by Gasteiger charge is -2.22. The maximum Gasteiger partial charge on any atom is 0.0536 e. The van der Waals surface area contributed by atoms with E-state index < -0.39 is 0 Å². The maximum atomic E-state index is 3.64. The standard InChI is InChI=1S/C16H21Br2N/c1-2-19-16(12-7-5-3-4-6-8-12)13-9-14(17)11-15(18)10-13/h7,9-11,16,19H,2-6,8H2,1H3. The molecule has 1 aliphatic carbocycles. The van der Waals surface area contributed by atoms with Crippen LogP contribution < -0.4 is 5.32 Å². The highest BCUT2D eigenvalue weighted by molar-refractivity contribution is 9.11. The first-order valence-electron chi connectivity index (χ1n) is 7.09. The van der Waals surface area contributed by atoms with E-state index in [1.54, 1.807) is 5.57 Å². The zero-order chi connectivity index (χ0) is 13.7. The average Bonchev–Trinajstić information content (AvgIpc) is 2.63. The molecule has 1 N–H and O–H groups in total. The number of likely N-dealkylation sites (N-methyl/N-ethyl adjacent to an activating group) is 1. The Morgan fingerprint density at radius 3 is 2.53 bits per heavy atom. The lowest BCUT2D eigenvalue weighted by Crippen LogP contribution is -2.23. The van der Waals surface area contributed by atoms with E-state index in [2.05, 4.69) is 68.4 Å². The summed E-state index contributed by atoms with van der Waals surface area (Å²) in [5.41, 5.74) is 2.90. The number of benzene rings is 1. The predicted molar refractivity (Wildman–Crippen MR) is 89.4 cm³/mol. The fraction of sp³-hybridized carbons (Fsp3) is 0.500. The first-order valence-corrected chi connectivity index (χ1v) is 8.67. The quantitative estimate of drug-likeness (QED) is 0.649. The Bertz CT molecular complexity index is 434. The molecule has 0 aliphatic heterocycles. The van der Waals surface area contributed by atoms with Gasteiger partial charge >= 0.3 is 0 Å². The van der Waals surface area contributed by atoms with Crippen LogP contribution in [0.25, 0.3) is 0 Å². The molecule has 3 heteroatoms. The van der Waals surface area contributed by atoms with E-state index >= 15 is 0 Å². The molecule has 1 nitrogen and oxygen atoms in total. The molecular formula is C16H21Br2N. The van der Waals surface area contributed by atoms with Crippen molar-refractivity contribution < 1.29 is 0 Å². The second-order valence-electron chi connectivity index (χ2n) is 5.07. The summed E-state index contributed by atoms with van der Waals surface area (Å²) in [6.07, 6.45) is 8.93. The molecule has 1 unspecified atom stereocenters. The van der Waals surface area contributed by atoms with E-state index in [4.69, 9.17) is 0 Å². The molecule has 0 radical (unpaired) electrons. The molecule has 0 heterocycles. The number of halogens is 2. The van der Waals surface area contributed by atoms with Crippen LogP contribution in [0.1, 0.15) is 50.6 Å². The normalized spacial score (nSPS) is 17.7. The van der Waals surface area contributed by atoms with Gasteiger partial charge in [0.25, 0.3) is 0 Å². The number of hydrogen-bond acceptors (Lipinski definition) is 1. The molecule has 0 spiro atoms. The van der Waals surface area contributed by atoms with Gasteiger partial charge < -0.3 is 5.32 Å². The summed E-state index contributed by atoms with van der Waals surface area (Å²) < 4.78 is 2.27. The van der Waals surface area contributed by atoms with Crippen LogP contribution in [0.15, 0.2) is 38.8 Å². The lowest BCUT2D eigenvalue weighted by molar-refractivity contribution is 0.589. The summed E-state index contributed by atoms with van der Waals surface area (Å²) in [5.74, 6) is 0. The third-order valence-corrected chi connectivity index (χ3v) is 4.49. The van der Waals surface area contributed by atoms with Gasteiger partial charge in [-0.2, -0.15) is 0 Å². The van der Waals surface area contributed by atoms with E-state index in [-0.39, 0.29) is 0 Å². The fourth-order valence-corrected chi connectivity index (χ4v) is 4.04. The molecule has 19 heavy (non-hydrogen) atoms. The van der Waals surface area contributed by atoms with E-state index in [9.17, 15) is 0 Å². The van der Waals surface area contributed by atoms with Crippen molar-refractivity contribution in [2.45, 2.75) is 45.1 Å². The molecule has 1 atom stereocenters. The van der Waals surface area contributed by atoms with Crippen molar-refractivity contribution in [2.75, 3.05) is 6.54 Å².